The minimum atomic E-state index is -0.739. The molecule has 0 bridgehead atoms. The maximum Gasteiger partial charge on any atom is 0.338 e. The summed E-state index contributed by atoms with van der Waals surface area (Å²) in [7, 11) is 1.42. The highest BCUT2D eigenvalue weighted by Gasteiger charge is 2.23. The van der Waals surface area contributed by atoms with Crippen LogP contribution >= 0.6 is 11.6 Å². The Morgan fingerprint density at radius 2 is 2.17 bits per heavy atom. The number of nitro benzene ring substituents is 1. The van der Waals surface area contributed by atoms with E-state index in [2.05, 4.69) is 0 Å². The molecule has 1 N–H and O–H groups in total. The lowest BCUT2D eigenvalue weighted by Gasteiger charge is -2.16. The molecule has 0 aliphatic carbocycles. The molecule has 1 aromatic carbocycles. The van der Waals surface area contributed by atoms with Crippen LogP contribution in [0.2, 0.25) is 5.02 Å². The molecule has 0 fully saturated rings. The van der Waals surface area contributed by atoms with Gasteiger partial charge in [0.15, 0.2) is 5.02 Å². The third-order valence-electron chi connectivity index (χ3n) is 2.78. The molecule has 0 saturated carbocycles. The van der Waals surface area contributed by atoms with E-state index in [1.807, 2.05) is 0 Å². The molecule has 0 aliphatic rings. The summed E-state index contributed by atoms with van der Waals surface area (Å²) in [5.74, 6) is -0.829. The Morgan fingerprint density at radius 1 is 1.46 bits per heavy atom. The molecule has 0 aliphatic heterocycles. The molecule has 1 atom stereocenters. The van der Waals surface area contributed by atoms with Crippen LogP contribution in [-0.4, -0.2) is 55.8 Å². The van der Waals surface area contributed by atoms with Crippen LogP contribution in [0.3, 0.4) is 0 Å². The van der Waals surface area contributed by atoms with E-state index in [0.29, 0.717) is 0 Å². The highest BCUT2D eigenvalue weighted by Crippen LogP contribution is 2.35. The lowest BCUT2D eigenvalue weighted by atomic mass is 10.2. The van der Waals surface area contributed by atoms with Crippen LogP contribution in [-0.2, 0) is 14.2 Å². The monoisotopic (exact) mass is 363 g/mol. The van der Waals surface area contributed by atoms with Crippen LogP contribution < -0.4 is 4.74 Å². The summed E-state index contributed by atoms with van der Waals surface area (Å²) >= 11 is 5.94. The molecular formula is C14H18ClNO8. The van der Waals surface area contributed by atoms with Crippen LogP contribution in [0, 0.1) is 10.1 Å². The normalized spacial score (nSPS) is 11.8. The van der Waals surface area contributed by atoms with E-state index < -0.39 is 22.7 Å². The fraction of sp³-hybridized carbons (Fsp3) is 0.500. The first-order valence-corrected chi connectivity index (χ1v) is 7.31. The van der Waals surface area contributed by atoms with Gasteiger partial charge in [0, 0.05) is 13.2 Å². The number of hydrogen-bond donors (Lipinski definition) is 1. The van der Waals surface area contributed by atoms with Crippen LogP contribution in [0.5, 0.6) is 5.75 Å². The molecule has 1 aromatic rings. The first kappa shape index (κ1) is 20.1. The zero-order valence-corrected chi connectivity index (χ0v) is 13.9. The molecule has 1 rings (SSSR count). The van der Waals surface area contributed by atoms with Crippen molar-refractivity contribution in [1.29, 1.82) is 0 Å². The number of esters is 1. The number of ether oxygens (including phenoxy) is 4. The Morgan fingerprint density at radius 3 is 2.71 bits per heavy atom. The van der Waals surface area contributed by atoms with Gasteiger partial charge in [-0.15, -0.1) is 0 Å². The van der Waals surface area contributed by atoms with Crippen molar-refractivity contribution in [3.05, 3.63) is 32.8 Å². The van der Waals surface area contributed by atoms with Gasteiger partial charge in [-0.05, 0) is 13.0 Å². The molecule has 0 saturated heterocycles. The van der Waals surface area contributed by atoms with Crippen molar-refractivity contribution >= 4 is 23.3 Å². The lowest BCUT2D eigenvalue weighted by molar-refractivity contribution is -0.384. The number of carbonyl (C=O) groups excluding carboxylic acids is 1. The highest BCUT2D eigenvalue weighted by molar-refractivity contribution is 6.34. The summed E-state index contributed by atoms with van der Waals surface area (Å²) in [5, 5.41) is 20.0. The predicted octanol–water partition coefficient (Wildman–Crippen LogP) is 1.79. The maximum absolute atomic E-state index is 11.8. The molecule has 0 spiro atoms. The second-order valence-corrected chi connectivity index (χ2v) is 4.85. The van der Waals surface area contributed by atoms with Gasteiger partial charge in [0.2, 0.25) is 0 Å². The molecule has 0 unspecified atom stereocenters. The fourth-order valence-corrected chi connectivity index (χ4v) is 1.89. The predicted molar refractivity (Wildman–Crippen MR) is 83.4 cm³/mol. The number of nitro groups is 1. The van der Waals surface area contributed by atoms with Crippen molar-refractivity contribution in [3.8, 4) is 5.75 Å². The van der Waals surface area contributed by atoms with Crippen LogP contribution in [0.4, 0.5) is 5.69 Å². The Hall–Kier alpha value is -1.94. The van der Waals surface area contributed by atoms with Gasteiger partial charge in [0.05, 0.1) is 23.7 Å². The van der Waals surface area contributed by atoms with Crippen LogP contribution in [0.15, 0.2) is 12.1 Å². The minimum absolute atomic E-state index is 0.0642. The largest absolute Gasteiger partial charge is 0.489 e. The zero-order valence-electron chi connectivity index (χ0n) is 13.2. The summed E-state index contributed by atoms with van der Waals surface area (Å²) in [6.45, 7) is 1.15. The highest BCUT2D eigenvalue weighted by atomic mass is 35.5. The van der Waals surface area contributed by atoms with E-state index in [1.165, 1.54) is 13.2 Å². The molecule has 0 aromatic heterocycles. The second-order valence-electron chi connectivity index (χ2n) is 4.47. The van der Waals surface area contributed by atoms with Crippen molar-refractivity contribution in [2.24, 2.45) is 0 Å². The van der Waals surface area contributed by atoms with Gasteiger partial charge in [-0.2, -0.15) is 0 Å². The van der Waals surface area contributed by atoms with Gasteiger partial charge in [0.1, 0.15) is 25.3 Å². The molecule has 10 heteroatoms. The van der Waals surface area contributed by atoms with Crippen LogP contribution in [0.25, 0.3) is 0 Å². The van der Waals surface area contributed by atoms with E-state index >= 15 is 0 Å². The van der Waals surface area contributed by atoms with Crippen LogP contribution in [0.1, 0.15) is 17.3 Å². The maximum atomic E-state index is 11.8. The number of hydrogen-bond acceptors (Lipinski definition) is 8. The van der Waals surface area contributed by atoms with Gasteiger partial charge in [-0.25, -0.2) is 4.79 Å². The Kier molecular flexibility index (Phi) is 8.41. The number of benzene rings is 1. The summed E-state index contributed by atoms with van der Waals surface area (Å²) in [6, 6.07) is 2.25. The fourth-order valence-electron chi connectivity index (χ4n) is 1.65. The third kappa shape index (κ3) is 5.60. The standard InChI is InChI=1S/C14H18ClNO8/c1-3-22-14(18)9-4-11(16(19)20)13(15)12(5-9)23-7-10(6-17)24-8-21-2/h4-5,10,17H,3,6-8H2,1-2H3/t10-/m0/s1. The Balaban J connectivity index is 3.03. The van der Waals surface area contributed by atoms with Gasteiger partial charge >= 0.3 is 5.97 Å². The smallest absolute Gasteiger partial charge is 0.338 e. The van der Waals surface area contributed by atoms with Crippen molar-refractivity contribution in [3.63, 3.8) is 0 Å². The number of rotatable bonds is 10. The van der Waals surface area contributed by atoms with Crippen molar-refractivity contribution in [2.75, 3.05) is 33.7 Å². The number of carbonyl (C=O) groups is 1. The molecule has 9 nitrogen and oxygen atoms in total. The summed E-state index contributed by atoms with van der Waals surface area (Å²) in [4.78, 5) is 22.1. The van der Waals surface area contributed by atoms with Gasteiger partial charge in [0.25, 0.3) is 5.69 Å². The zero-order chi connectivity index (χ0) is 18.1. The molecule has 0 heterocycles. The Labute approximate surface area is 143 Å². The van der Waals surface area contributed by atoms with E-state index in [-0.39, 0.29) is 42.9 Å². The van der Waals surface area contributed by atoms with Crippen molar-refractivity contribution in [2.45, 2.75) is 13.0 Å². The summed E-state index contributed by atoms with van der Waals surface area (Å²) < 4.78 is 20.0. The number of nitrogens with zero attached hydrogens (tertiary/aromatic N) is 1. The molecule has 134 valence electrons. The van der Waals surface area contributed by atoms with E-state index in [0.717, 1.165) is 6.07 Å². The van der Waals surface area contributed by atoms with Crippen molar-refractivity contribution in [1.82, 2.24) is 0 Å². The van der Waals surface area contributed by atoms with E-state index in [9.17, 15) is 20.0 Å². The first-order valence-electron chi connectivity index (χ1n) is 6.93. The average Bonchev–Trinajstić information content (AvgIpc) is 2.56. The lowest BCUT2D eigenvalue weighted by Crippen LogP contribution is -2.26. The second kappa shape index (κ2) is 10.0. The SMILES string of the molecule is CCOC(=O)c1cc(OC[C@H](CO)OCOC)c(Cl)c([N+](=O)[O-])c1. The van der Waals surface area contributed by atoms with E-state index in [4.69, 9.17) is 30.5 Å². The van der Waals surface area contributed by atoms with E-state index in [1.54, 1.807) is 6.92 Å². The minimum Gasteiger partial charge on any atom is -0.489 e. The molecule has 0 amide bonds. The number of methoxy groups -OCH3 is 1. The third-order valence-corrected chi connectivity index (χ3v) is 3.16. The molecule has 0 radical (unpaired) electrons. The van der Waals surface area contributed by atoms with Gasteiger partial charge in [-0.3, -0.25) is 10.1 Å². The number of aliphatic hydroxyl groups excluding tert-OH is 1. The van der Waals surface area contributed by atoms with Gasteiger partial charge in [-0.1, -0.05) is 11.6 Å². The number of aliphatic hydroxyl groups is 1. The molecular weight excluding hydrogens is 346 g/mol. The van der Waals surface area contributed by atoms with Crippen molar-refractivity contribution < 1.29 is 33.8 Å². The Bertz CT molecular complexity index is 580. The number of halogens is 1. The first-order chi connectivity index (χ1) is 11.4. The quantitative estimate of drug-likeness (QED) is 0.289. The van der Waals surface area contributed by atoms with Gasteiger partial charge < -0.3 is 24.1 Å². The average molecular weight is 364 g/mol. The molecule has 24 heavy (non-hydrogen) atoms. The topological polar surface area (TPSA) is 117 Å². The summed E-state index contributed by atoms with van der Waals surface area (Å²) in [5.41, 5.74) is -0.558. The summed E-state index contributed by atoms with van der Waals surface area (Å²) in [6.07, 6.45) is -0.730.